The number of nitrogens with one attached hydrogen (secondary N) is 1. The Balaban J connectivity index is 2.38. The van der Waals surface area contributed by atoms with Crippen LogP contribution >= 0.6 is 15.9 Å². The maximum atomic E-state index is 13.4. The van der Waals surface area contributed by atoms with Gasteiger partial charge in [-0.25, -0.2) is 9.37 Å². The van der Waals surface area contributed by atoms with Gasteiger partial charge < -0.3 is 4.98 Å². The fraction of sp³-hybridized carbons (Fsp3) is 0.167. The molecule has 0 aliphatic carbocycles. The van der Waals surface area contributed by atoms with E-state index < -0.39 is 0 Å². The smallest absolute Gasteiger partial charge is 0.265 e. The van der Waals surface area contributed by atoms with Crippen LogP contribution in [0.3, 0.4) is 0 Å². The minimum atomic E-state index is -0.296. The molecule has 17 heavy (non-hydrogen) atoms. The average Bonchev–Trinajstić information content (AvgIpc) is 2.29. The van der Waals surface area contributed by atoms with Crippen LogP contribution in [0.15, 0.2) is 33.5 Å². The van der Waals surface area contributed by atoms with Crippen LogP contribution in [0.2, 0.25) is 0 Å². The lowest BCUT2D eigenvalue weighted by molar-refractivity contribution is 0.611. The van der Waals surface area contributed by atoms with E-state index in [1.807, 2.05) is 0 Å². The average molecular weight is 297 g/mol. The zero-order valence-corrected chi connectivity index (χ0v) is 10.7. The second kappa shape index (κ2) is 4.79. The molecule has 1 aromatic heterocycles. The Kier molecular flexibility index (Phi) is 3.38. The summed E-state index contributed by atoms with van der Waals surface area (Å²) in [5.74, 6) is 0.163. The molecule has 0 aliphatic rings. The number of aryl methyl sites for hydroxylation is 1. The quantitative estimate of drug-likeness (QED) is 0.926. The number of aromatic nitrogens is 2. The zero-order chi connectivity index (χ0) is 12.4. The highest BCUT2D eigenvalue weighted by molar-refractivity contribution is 9.10. The van der Waals surface area contributed by atoms with Crippen molar-refractivity contribution in [3.8, 4) is 0 Å². The standard InChI is InChI=1S/C12H10BrFN2O/c1-7-11(13)12(17)16-10(15-7)6-8-4-2-3-5-9(8)14/h2-5H,6H2,1H3,(H,15,16,17). The first kappa shape index (κ1) is 12.0. The molecule has 3 nitrogen and oxygen atoms in total. The van der Waals surface area contributed by atoms with Gasteiger partial charge in [-0.15, -0.1) is 0 Å². The SMILES string of the molecule is Cc1nc(Cc2ccccc2F)[nH]c(=O)c1Br. The second-order valence-electron chi connectivity index (χ2n) is 3.68. The molecule has 0 bridgehead atoms. The third-order valence-electron chi connectivity index (χ3n) is 2.39. The van der Waals surface area contributed by atoms with Gasteiger partial charge in [0, 0.05) is 6.42 Å². The van der Waals surface area contributed by atoms with Crippen LogP contribution in [0.5, 0.6) is 0 Å². The van der Waals surface area contributed by atoms with Crippen molar-refractivity contribution >= 4 is 15.9 Å². The van der Waals surface area contributed by atoms with Crippen LogP contribution in [0, 0.1) is 12.7 Å². The van der Waals surface area contributed by atoms with Crippen molar-refractivity contribution < 1.29 is 4.39 Å². The lowest BCUT2D eigenvalue weighted by atomic mass is 10.1. The maximum absolute atomic E-state index is 13.4. The molecule has 1 aromatic carbocycles. The molecular formula is C12H10BrFN2O. The van der Waals surface area contributed by atoms with Gasteiger partial charge in [-0.2, -0.15) is 0 Å². The highest BCUT2D eigenvalue weighted by Gasteiger charge is 2.07. The minimum Gasteiger partial charge on any atom is -0.309 e. The number of nitrogens with zero attached hydrogens (tertiary/aromatic N) is 1. The molecule has 1 heterocycles. The molecule has 1 N–H and O–H groups in total. The van der Waals surface area contributed by atoms with Crippen LogP contribution < -0.4 is 5.56 Å². The highest BCUT2D eigenvalue weighted by atomic mass is 79.9. The second-order valence-corrected chi connectivity index (χ2v) is 4.47. The minimum absolute atomic E-state index is 0.246. The van der Waals surface area contributed by atoms with E-state index in [1.165, 1.54) is 6.07 Å². The van der Waals surface area contributed by atoms with Crippen molar-refractivity contribution in [1.82, 2.24) is 9.97 Å². The summed E-state index contributed by atoms with van der Waals surface area (Å²) in [6, 6.07) is 6.44. The number of H-pyrrole nitrogens is 1. The molecule has 2 aromatic rings. The normalized spacial score (nSPS) is 10.5. The van der Waals surface area contributed by atoms with Gasteiger partial charge in [-0.05, 0) is 34.5 Å². The van der Waals surface area contributed by atoms with Gasteiger partial charge in [0.15, 0.2) is 0 Å². The van der Waals surface area contributed by atoms with Gasteiger partial charge in [-0.1, -0.05) is 18.2 Å². The van der Waals surface area contributed by atoms with E-state index >= 15 is 0 Å². The van der Waals surface area contributed by atoms with E-state index in [9.17, 15) is 9.18 Å². The van der Waals surface area contributed by atoms with Gasteiger partial charge in [0.2, 0.25) is 0 Å². The molecule has 0 radical (unpaired) electrons. The predicted octanol–water partition coefficient (Wildman–Crippen LogP) is 2.57. The monoisotopic (exact) mass is 296 g/mol. The Hall–Kier alpha value is -1.49. The maximum Gasteiger partial charge on any atom is 0.265 e. The summed E-state index contributed by atoms with van der Waals surface area (Å²) in [5, 5.41) is 0. The Labute approximate surface area is 106 Å². The molecule has 5 heteroatoms. The van der Waals surface area contributed by atoms with Crippen molar-refractivity contribution in [1.29, 1.82) is 0 Å². The van der Waals surface area contributed by atoms with E-state index in [0.29, 0.717) is 21.6 Å². The molecule has 0 spiro atoms. The van der Waals surface area contributed by atoms with Crippen molar-refractivity contribution in [2.45, 2.75) is 13.3 Å². The van der Waals surface area contributed by atoms with E-state index in [-0.39, 0.29) is 17.8 Å². The lowest BCUT2D eigenvalue weighted by Crippen LogP contribution is -2.14. The molecular weight excluding hydrogens is 287 g/mol. The van der Waals surface area contributed by atoms with E-state index in [1.54, 1.807) is 25.1 Å². The van der Waals surface area contributed by atoms with Crippen molar-refractivity contribution in [3.63, 3.8) is 0 Å². The fourth-order valence-corrected chi connectivity index (χ4v) is 1.72. The largest absolute Gasteiger partial charge is 0.309 e. The molecule has 0 fully saturated rings. The molecule has 0 aliphatic heterocycles. The molecule has 88 valence electrons. The summed E-state index contributed by atoms with van der Waals surface area (Å²) >= 11 is 3.13. The summed E-state index contributed by atoms with van der Waals surface area (Å²) in [6.45, 7) is 1.73. The first-order valence-electron chi connectivity index (χ1n) is 5.06. The van der Waals surface area contributed by atoms with Crippen LogP contribution in [0.25, 0.3) is 0 Å². The van der Waals surface area contributed by atoms with Crippen molar-refractivity contribution in [3.05, 3.63) is 62.0 Å². The number of aromatic amines is 1. The molecule has 0 atom stereocenters. The number of halogens is 2. The van der Waals surface area contributed by atoms with Gasteiger partial charge in [-0.3, -0.25) is 4.79 Å². The Morgan fingerprint density at radius 1 is 1.41 bits per heavy atom. The van der Waals surface area contributed by atoms with Gasteiger partial charge >= 0.3 is 0 Å². The number of benzene rings is 1. The number of hydrogen-bond donors (Lipinski definition) is 1. The van der Waals surface area contributed by atoms with Gasteiger partial charge in [0.05, 0.1) is 5.69 Å². The highest BCUT2D eigenvalue weighted by Crippen LogP contribution is 2.12. The topological polar surface area (TPSA) is 45.8 Å². The summed E-state index contributed by atoms with van der Waals surface area (Å²) in [7, 11) is 0. The first-order chi connectivity index (χ1) is 8.08. The number of hydrogen-bond acceptors (Lipinski definition) is 2. The van der Waals surface area contributed by atoms with Crippen molar-refractivity contribution in [2.75, 3.05) is 0 Å². The number of rotatable bonds is 2. The zero-order valence-electron chi connectivity index (χ0n) is 9.13. The third kappa shape index (κ3) is 2.61. The molecule has 2 rings (SSSR count). The molecule has 0 unspecified atom stereocenters. The fourth-order valence-electron chi connectivity index (χ4n) is 1.54. The van der Waals surface area contributed by atoms with Gasteiger partial charge in [0.25, 0.3) is 5.56 Å². The van der Waals surface area contributed by atoms with E-state index in [4.69, 9.17) is 0 Å². The third-order valence-corrected chi connectivity index (χ3v) is 3.33. The molecule has 0 amide bonds. The van der Waals surface area contributed by atoms with Crippen LogP contribution in [0.1, 0.15) is 17.1 Å². The summed E-state index contributed by atoms with van der Waals surface area (Å²) in [5.41, 5.74) is 0.862. The Morgan fingerprint density at radius 3 is 2.76 bits per heavy atom. The Morgan fingerprint density at radius 2 is 2.12 bits per heavy atom. The molecule has 0 saturated heterocycles. The predicted molar refractivity (Wildman–Crippen MR) is 66.5 cm³/mol. The summed E-state index contributed by atoms with van der Waals surface area (Å²) < 4.78 is 13.8. The van der Waals surface area contributed by atoms with Crippen LogP contribution in [-0.4, -0.2) is 9.97 Å². The lowest BCUT2D eigenvalue weighted by Gasteiger charge is -2.04. The summed E-state index contributed by atoms with van der Waals surface area (Å²) in [4.78, 5) is 18.3. The van der Waals surface area contributed by atoms with E-state index in [0.717, 1.165) is 0 Å². The summed E-state index contributed by atoms with van der Waals surface area (Å²) in [6.07, 6.45) is 0.274. The molecule has 0 saturated carbocycles. The van der Waals surface area contributed by atoms with Crippen molar-refractivity contribution in [2.24, 2.45) is 0 Å². The van der Waals surface area contributed by atoms with Crippen LogP contribution in [-0.2, 0) is 6.42 Å². The van der Waals surface area contributed by atoms with Gasteiger partial charge in [0.1, 0.15) is 16.1 Å². The van der Waals surface area contributed by atoms with E-state index in [2.05, 4.69) is 25.9 Å². The van der Waals surface area contributed by atoms with Crippen LogP contribution in [0.4, 0.5) is 4.39 Å². The Bertz CT molecular complexity index is 610. The first-order valence-corrected chi connectivity index (χ1v) is 5.86.